The normalized spacial score (nSPS) is 21.8. The summed E-state index contributed by atoms with van der Waals surface area (Å²) in [4.78, 5) is 36.2. The Kier molecular flexibility index (Phi) is 4.61. The van der Waals surface area contributed by atoms with E-state index in [1.165, 1.54) is 19.3 Å². The molecule has 0 aromatic carbocycles. The number of nitrogens with one attached hydrogen (secondary N) is 1. The molecule has 7 nitrogen and oxygen atoms in total. The Bertz CT molecular complexity index is 824. The molecule has 2 fully saturated rings. The van der Waals surface area contributed by atoms with Crippen molar-refractivity contribution in [3.05, 3.63) is 24.2 Å². The van der Waals surface area contributed by atoms with Gasteiger partial charge >= 0.3 is 0 Å². The SMILES string of the molecule is Cn1cnc2c(C(=O)N3CCNC(=O)C3CC3CCCCC3)ccnc21. The van der Waals surface area contributed by atoms with Crippen LogP contribution in [0.5, 0.6) is 0 Å². The quantitative estimate of drug-likeness (QED) is 0.912. The van der Waals surface area contributed by atoms with Crippen molar-refractivity contribution in [2.45, 2.75) is 44.6 Å². The van der Waals surface area contributed by atoms with Crippen LogP contribution in [0.4, 0.5) is 0 Å². The summed E-state index contributed by atoms with van der Waals surface area (Å²) in [5.74, 6) is 0.383. The molecule has 138 valence electrons. The van der Waals surface area contributed by atoms with E-state index in [9.17, 15) is 9.59 Å². The van der Waals surface area contributed by atoms with Gasteiger partial charge in [0.05, 0.1) is 11.9 Å². The van der Waals surface area contributed by atoms with E-state index >= 15 is 0 Å². The van der Waals surface area contributed by atoms with Gasteiger partial charge in [-0.25, -0.2) is 9.97 Å². The lowest BCUT2D eigenvalue weighted by atomic mass is 9.84. The first-order valence-electron chi connectivity index (χ1n) is 9.50. The number of carbonyl (C=O) groups is 2. The van der Waals surface area contributed by atoms with E-state index in [0.717, 1.165) is 19.3 Å². The van der Waals surface area contributed by atoms with Crippen LogP contribution in [0.25, 0.3) is 11.2 Å². The smallest absolute Gasteiger partial charge is 0.256 e. The average Bonchev–Trinajstić information content (AvgIpc) is 3.05. The number of nitrogens with zero attached hydrogens (tertiary/aromatic N) is 4. The number of fused-ring (bicyclic) bond motifs is 1. The third-order valence-corrected chi connectivity index (χ3v) is 5.70. The minimum Gasteiger partial charge on any atom is -0.353 e. The highest BCUT2D eigenvalue weighted by Gasteiger charge is 2.36. The fourth-order valence-electron chi connectivity index (χ4n) is 4.29. The van der Waals surface area contributed by atoms with Crippen LogP contribution >= 0.6 is 0 Å². The van der Waals surface area contributed by atoms with Gasteiger partial charge in [0.15, 0.2) is 5.65 Å². The van der Waals surface area contributed by atoms with Crippen LogP contribution in [0.15, 0.2) is 18.6 Å². The van der Waals surface area contributed by atoms with Crippen molar-refractivity contribution in [1.29, 1.82) is 0 Å². The Morgan fingerprint density at radius 1 is 1.27 bits per heavy atom. The van der Waals surface area contributed by atoms with Crippen LogP contribution in [0.3, 0.4) is 0 Å². The third-order valence-electron chi connectivity index (χ3n) is 5.70. The molecule has 26 heavy (non-hydrogen) atoms. The molecule has 0 spiro atoms. The first kappa shape index (κ1) is 17.0. The molecular formula is C19H25N5O2. The monoisotopic (exact) mass is 355 g/mol. The molecule has 1 N–H and O–H groups in total. The van der Waals surface area contributed by atoms with Gasteiger partial charge in [0.2, 0.25) is 5.91 Å². The molecule has 2 amide bonds. The molecule has 2 aliphatic rings. The molecule has 1 atom stereocenters. The second kappa shape index (κ2) is 7.05. The fraction of sp³-hybridized carbons (Fsp3) is 0.579. The zero-order valence-corrected chi connectivity index (χ0v) is 15.1. The number of hydrogen-bond donors (Lipinski definition) is 1. The molecule has 4 rings (SSSR count). The number of rotatable bonds is 3. The number of amides is 2. The predicted molar refractivity (Wildman–Crippen MR) is 97.5 cm³/mol. The number of aryl methyl sites for hydroxylation is 1. The highest BCUT2D eigenvalue weighted by Crippen LogP contribution is 2.30. The third kappa shape index (κ3) is 3.06. The number of aromatic nitrogens is 3. The molecule has 1 saturated carbocycles. The molecule has 3 heterocycles. The summed E-state index contributed by atoms with van der Waals surface area (Å²) in [6.07, 6.45) is 10.1. The van der Waals surface area contributed by atoms with Crippen LogP contribution in [0, 0.1) is 5.92 Å². The molecule has 2 aromatic heterocycles. The van der Waals surface area contributed by atoms with Crippen molar-refractivity contribution in [1.82, 2.24) is 24.8 Å². The fourth-order valence-corrected chi connectivity index (χ4v) is 4.29. The van der Waals surface area contributed by atoms with E-state index in [-0.39, 0.29) is 17.9 Å². The van der Waals surface area contributed by atoms with Gasteiger partial charge < -0.3 is 14.8 Å². The average molecular weight is 355 g/mol. The summed E-state index contributed by atoms with van der Waals surface area (Å²) in [6.45, 7) is 1.04. The van der Waals surface area contributed by atoms with Crippen molar-refractivity contribution in [3.8, 4) is 0 Å². The molecular weight excluding hydrogens is 330 g/mol. The van der Waals surface area contributed by atoms with Gasteiger partial charge in [0.25, 0.3) is 5.91 Å². The van der Waals surface area contributed by atoms with Gasteiger partial charge in [-0.1, -0.05) is 32.1 Å². The van der Waals surface area contributed by atoms with Crippen molar-refractivity contribution in [2.75, 3.05) is 13.1 Å². The molecule has 1 saturated heterocycles. The summed E-state index contributed by atoms with van der Waals surface area (Å²) < 4.78 is 1.80. The maximum atomic E-state index is 13.3. The topological polar surface area (TPSA) is 80.1 Å². The molecule has 2 aromatic rings. The molecule has 0 bridgehead atoms. The minimum absolute atomic E-state index is 0.0264. The van der Waals surface area contributed by atoms with Crippen LogP contribution in [0.2, 0.25) is 0 Å². The number of hydrogen-bond acceptors (Lipinski definition) is 4. The van der Waals surface area contributed by atoms with Crippen LogP contribution in [0.1, 0.15) is 48.9 Å². The highest BCUT2D eigenvalue weighted by molar-refractivity contribution is 6.05. The summed E-state index contributed by atoms with van der Waals surface area (Å²) in [7, 11) is 1.86. The Balaban J connectivity index is 1.62. The largest absolute Gasteiger partial charge is 0.353 e. The van der Waals surface area contributed by atoms with E-state index in [0.29, 0.717) is 35.7 Å². The van der Waals surface area contributed by atoms with E-state index in [4.69, 9.17) is 0 Å². The summed E-state index contributed by atoms with van der Waals surface area (Å²) in [5, 5.41) is 2.93. The number of piperazine rings is 1. The van der Waals surface area contributed by atoms with E-state index in [1.54, 1.807) is 28.1 Å². The first-order valence-corrected chi connectivity index (χ1v) is 9.50. The predicted octanol–water partition coefficient (Wildman–Crippen LogP) is 1.88. The molecule has 7 heteroatoms. The number of imidazole rings is 1. The Hall–Kier alpha value is -2.44. The lowest BCUT2D eigenvalue weighted by Gasteiger charge is -2.37. The second-order valence-electron chi connectivity index (χ2n) is 7.43. The lowest BCUT2D eigenvalue weighted by molar-refractivity contribution is -0.128. The van der Waals surface area contributed by atoms with E-state index < -0.39 is 0 Å². The van der Waals surface area contributed by atoms with E-state index in [1.807, 2.05) is 7.05 Å². The van der Waals surface area contributed by atoms with Gasteiger partial charge in [-0.15, -0.1) is 0 Å². The standard InChI is InChI=1S/C19H25N5O2/c1-23-12-22-16-14(7-8-20-17(16)23)19(26)24-10-9-21-18(25)15(24)11-13-5-3-2-4-6-13/h7-8,12-13,15H,2-6,9-11H2,1H3,(H,21,25). The van der Waals surface area contributed by atoms with Crippen molar-refractivity contribution < 1.29 is 9.59 Å². The minimum atomic E-state index is -0.383. The highest BCUT2D eigenvalue weighted by atomic mass is 16.2. The van der Waals surface area contributed by atoms with Gasteiger partial charge in [0, 0.05) is 26.3 Å². The Morgan fingerprint density at radius 3 is 2.88 bits per heavy atom. The summed E-state index contributed by atoms with van der Waals surface area (Å²) >= 11 is 0. The Labute approximate surface area is 152 Å². The van der Waals surface area contributed by atoms with E-state index in [2.05, 4.69) is 15.3 Å². The summed E-state index contributed by atoms with van der Waals surface area (Å²) in [6, 6.07) is 1.33. The summed E-state index contributed by atoms with van der Waals surface area (Å²) in [5.41, 5.74) is 1.81. The number of pyridine rings is 1. The second-order valence-corrected chi connectivity index (χ2v) is 7.43. The zero-order valence-electron chi connectivity index (χ0n) is 15.1. The maximum absolute atomic E-state index is 13.3. The van der Waals surface area contributed by atoms with Crippen LogP contribution in [-0.4, -0.2) is 50.4 Å². The van der Waals surface area contributed by atoms with Gasteiger partial charge in [0.1, 0.15) is 11.6 Å². The van der Waals surface area contributed by atoms with Gasteiger partial charge in [-0.2, -0.15) is 0 Å². The molecule has 0 radical (unpaired) electrons. The molecule has 1 unspecified atom stereocenters. The number of carbonyl (C=O) groups excluding carboxylic acids is 2. The van der Waals surface area contributed by atoms with Crippen LogP contribution in [-0.2, 0) is 11.8 Å². The van der Waals surface area contributed by atoms with Crippen molar-refractivity contribution in [2.24, 2.45) is 13.0 Å². The maximum Gasteiger partial charge on any atom is 0.256 e. The first-order chi connectivity index (χ1) is 12.6. The zero-order chi connectivity index (χ0) is 18.1. The van der Waals surface area contributed by atoms with Gasteiger partial charge in [-0.3, -0.25) is 9.59 Å². The molecule has 1 aliphatic heterocycles. The van der Waals surface area contributed by atoms with Crippen LogP contribution < -0.4 is 5.32 Å². The lowest BCUT2D eigenvalue weighted by Crippen LogP contribution is -2.57. The Morgan fingerprint density at radius 2 is 2.08 bits per heavy atom. The molecule has 1 aliphatic carbocycles. The van der Waals surface area contributed by atoms with Crippen molar-refractivity contribution in [3.63, 3.8) is 0 Å². The van der Waals surface area contributed by atoms with Crippen molar-refractivity contribution >= 4 is 23.0 Å². The van der Waals surface area contributed by atoms with Gasteiger partial charge in [-0.05, 0) is 18.4 Å².